The lowest BCUT2D eigenvalue weighted by Crippen LogP contribution is -2.32. The van der Waals surface area contributed by atoms with Gasteiger partial charge in [0.2, 0.25) is 0 Å². The van der Waals surface area contributed by atoms with Crippen LogP contribution in [0.25, 0.3) is 0 Å². The number of ether oxygens (including phenoxy) is 1. The minimum Gasteiger partial charge on any atom is -0.495 e. The van der Waals surface area contributed by atoms with Crippen molar-refractivity contribution in [2.45, 2.75) is 13.8 Å². The molecule has 0 aromatic heterocycles. The van der Waals surface area contributed by atoms with Crippen molar-refractivity contribution in [1.29, 1.82) is 0 Å². The largest absolute Gasteiger partial charge is 0.495 e. The number of halogens is 2. The molecule has 3 amide bonds. The van der Waals surface area contributed by atoms with Gasteiger partial charge in [0.05, 0.1) is 18.5 Å². The second kappa shape index (κ2) is 9.82. The quantitative estimate of drug-likeness (QED) is 0.419. The molecule has 0 atom stereocenters. The van der Waals surface area contributed by atoms with Crippen LogP contribution in [0.5, 0.6) is 5.75 Å². The average Bonchev–Trinajstić information content (AvgIpc) is 3.04. The minimum absolute atomic E-state index is 0.0317. The maximum Gasteiger partial charge on any atom is 0.283 e. The van der Waals surface area contributed by atoms with Crippen LogP contribution in [0.1, 0.15) is 21.5 Å². The van der Waals surface area contributed by atoms with E-state index in [0.29, 0.717) is 33.4 Å². The van der Waals surface area contributed by atoms with E-state index in [1.165, 1.54) is 7.11 Å². The van der Waals surface area contributed by atoms with E-state index >= 15 is 0 Å². The Morgan fingerprint density at radius 1 is 0.886 bits per heavy atom. The second-order valence-electron chi connectivity index (χ2n) is 7.90. The summed E-state index contributed by atoms with van der Waals surface area (Å²) >= 11 is 12.2. The van der Waals surface area contributed by atoms with Gasteiger partial charge in [-0.25, -0.2) is 4.90 Å². The molecule has 178 valence electrons. The summed E-state index contributed by atoms with van der Waals surface area (Å²) < 4.78 is 5.25. The molecular weight excluding hydrogens is 489 g/mol. The number of hydrogen-bond donors (Lipinski definition) is 2. The van der Waals surface area contributed by atoms with Crippen LogP contribution in [0.2, 0.25) is 5.02 Å². The summed E-state index contributed by atoms with van der Waals surface area (Å²) in [6.07, 6.45) is 0. The van der Waals surface area contributed by atoms with E-state index < -0.39 is 11.8 Å². The normalized spacial score (nSPS) is 13.3. The number of benzene rings is 3. The van der Waals surface area contributed by atoms with E-state index in [-0.39, 0.29) is 16.6 Å². The van der Waals surface area contributed by atoms with Gasteiger partial charge in [-0.05, 0) is 79.6 Å². The maximum absolute atomic E-state index is 13.0. The number of rotatable bonds is 6. The SMILES string of the molecule is COc1ccc(Cl)cc1NC(=O)c1ccc(NC2=C(Cl)C(=O)N(c3ccc(C)c(C)c3)C2=O)cc1. The first-order valence-corrected chi connectivity index (χ1v) is 11.3. The zero-order valence-electron chi connectivity index (χ0n) is 19.1. The lowest BCUT2D eigenvalue weighted by Gasteiger charge is -2.16. The maximum atomic E-state index is 13.0. The monoisotopic (exact) mass is 509 g/mol. The summed E-state index contributed by atoms with van der Waals surface area (Å²) in [6, 6.07) is 16.6. The molecule has 3 aromatic carbocycles. The molecule has 0 fully saturated rings. The molecule has 1 aliphatic heterocycles. The Labute approximate surface area is 212 Å². The van der Waals surface area contributed by atoms with Crippen molar-refractivity contribution >= 4 is 58.0 Å². The van der Waals surface area contributed by atoms with Crippen LogP contribution in [0.3, 0.4) is 0 Å². The van der Waals surface area contributed by atoms with Crippen molar-refractivity contribution in [3.8, 4) is 5.75 Å². The Balaban J connectivity index is 1.50. The minimum atomic E-state index is -0.603. The summed E-state index contributed by atoms with van der Waals surface area (Å²) in [6.45, 7) is 3.85. The third kappa shape index (κ3) is 4.87. The van der Waals surface area contributed by atoms with E-state index in [2.05, 4.69) is 10.6 Å². The fourth-order valence-electron chi connectivity index (χ4n) is 3.53. The van der Waals surface area contributed by atoms with Crippen molar-refractivity contribution in [2.75, 3.05) is 22.6 Å². The summed E-state index contributed by atoms with van der Waals surface area (Å²) in [5, 5.41) is 5.91. The van der Waals surface area contributed by atoms with Gasteiger partial charge in [-0.15, -0.1) is 0 Å². The number of aryl methyl sites for hydroxylation is 2. The topological polar surface area (TPSA) is 87.7 Å². The highest BCUT2D eigenvalue weighted by molar-refractivity contribution is 6.53. The van der Waals surface area contributed by atoms with Crippen LogP contribution in [0.15, 0.2) is 71.4 Å². The number of methoxy groups -OCH3 is 1. The Morgan fingerprint density at radius 2 is 1.60 bits per heavy atom. The molecule has 0 saturated heterocycles. The Kier molecular flexibility index (Phi) is 6.82. The first-order valence-electron chi connectivity index (χ1n) is 10.6. The molecule has 0 unspecified atom stereocenters. The number of amides is 3. The number of carbonyl (C=O) groups is 3. The van der Waals surface area contributed by atoms with Gasteiger partial charge in [0, 0.05) is 16.3 Å². The molecule has 0 spiro atoms. The standard InChI is InChI=1S/C26H21Cl2N3O4/c1-14-4-10-19(12-15(14)2)31-25(33)22(28)23(26(31)34)29-18-8-5-16(6-9-18)24(32)30-20-13-17(27)7-11-21(20)35-3/h4-13,29H,1-3H3,(H,30,32). The molecule has 4 rings (SSSR count). The molecule has 9 heteroatoms. The predicted octanol–water partition coefficient (Wildman–Crippen LogP) is 5.65. The van der Waals surface area contributed by atoms with Gasteiger partial charge in [0.25, 0.3) is 17.7 Å². The Morgan fingerprint density at radius 3 is 2.26 bits per heavy atom. The number of hydrogen-bond acceptors (Lipinski definition) is 5. The summed E-state index contributed by atoms with van der Waals surface area (Å²) in [5.74, 6) is -1.06. The summed E-state index contributed by atoms with van der Waals surface area (Å²) in [5.41, 5.74) is 3.69. The number of nitrogens with one attached hydrogen (secondary N) is 2. The first-order chi connectivity index (χ1) is 16.7. The van der Waals surface area contributed by atoms with E-state index in [1.54, 1.807) is 54.6 Å². The van der Waals surface area contributed by atoms with Crippen LogP contribution in [0, 0.1) is 13.8 Å². The van der Waals surface area contributed by atoms with E-state index in [0.717, 1.165) is 16.0 Å². The van der Waals surface area contributed by atoms with Gasteiger partial charge in [-0.2, -0.15) is 0 Å². The van der Waals surface area contributed by atoms with Crippen molar-refractivity contribution in [3.63, 3.8) is 0 Å². The molecule has 0 radical (unpaired) electrons. The lowest BCUT2D eigenvalue weighted by atomic mass is 10.1. The molecule has 3 aromatic rings. The van der Waals surface area contributed by atoms with Gasteiger partial charge < -0.3 is 15.4 Å². The smallest absolute Gasteiger partial charge is 0.283 e. The highest BCUT2D eigenvalue weighted by atomic mass is 35.5. The lowest BCUT2D eigenvalue weighted by molar-refractivity contribution is -0.120. The second-order valence-corrected chi connectivity index (χ2v) is 8.72. The number of imide groups is 1. The van der Waals surface area contributed by atoms with Crippen LogP contribution < -0.4 is 20.3 Å². The molecule has 0 bridgehead atoms. The molecule has 1 heterocycles. The number of anilines is 3. The Hall–Kier alpha value is -3.81. The summed E-state index contributed by atoms with van der Waals surface area (Å²) in [4.78, 5) is 39.4. The van der Waals surface area contributed by atoms with Crippen molar-refractivity contribution in [2.24, 2.45) is 0 Å². The molecule has 1 aliphatic rings. The van der Waals surface area contributed by atoms with E-state index in [4.69, 9.17) is 27.9 Å². The van der Waals surface area contributed by atoms with E-state index in [1.807, 2.05) is 19.9 Å². The molecule has 0 saturated carbocycles. The molecule has 35 heavy (non-hydrogen) atoms. The van der Waals surface area contributed by atoms with Crippen LogP contribution >= 0.6 is 23.2 Å². The fourth-order valence-corrected chi connectivity index (χ4v) is 3.92. The fraction of sp³-hybridized carbons (Fsp3) is 0.115. The van der Waals surface area contributed by atoms with Gasteiger partial charge in [0.1, 0.15) is 16.5 Å². The van der Waals surface area contributed by atoms with Gasteiger partial charge in [0.15, 0.2) is 0 Å². The highest BCUT2D eigenvalue weighted by Gasteiger charge is 2.39. The van der Waals surface area contributed by atoms with Crippen molar-refractivity contribution < 1.29 is 19.1 Å². The van der Waals surface area contributed by atoms with Gasteiger partial charge in [-0.1, -0.05) is 29.3 Å². The number of nitrogens with zero attached hydrogens (tertiary/aromatic N) is 1. The molecular formula is C26H21Cl2N3O4. The van der Waals surface area contributed by atoms with Crippen LogP contribution in [-0.2, 0) is 9.59 Å². The van der Waals surface area contributed by atoms with Gasteiger partial charge >= 0.3 is 0 Å². The van der Waals surface area contributed by atoms with Crippen molar-refractivity contribution in [1.82, 2.24) is 0 Å². The third-order valence-electron chi connectivity index (χ3n) is 5.60. The molecule has 7 nitrogen and oxygen atoms in total. The van der Waals surface area contributed by atoms with Crippen LogP contribution in [0.4, 0.5) is 17.1 Å². The van der Waals surface area contributed by atoms with E-state index in [9.17, 15) is 14.4 Å². The zero-order chi connectivity index (χ0) is 25.3. The predicted molar refractivity (Wildman–Crippen MR) is 137 cm³/mol. The summed E-state index contributed by atoms with van der Waals surface area (Å²) in [7, 11) is 1.50. The molecule has 0 aliphatic carbocycles. The highest BCUT2D eigenvalue weighted by Crippen LogP contribution is 2.31. The first kappa shape index (κ1) is 24.3. The molecule has 2 N–H and O–H groups in total. The van der Waals surface area contributed by atoms with Crippen molar-refractivity contribution in [3.05, 3.63) is 93.1 Å². The third-order valence-corrected chi connectivity index (χ3v) is 6.19. The average molecular weight is 510 g/mol. The number of carbonyl (C=O) groups excluding carboxylic acids is 3. The van der Waals surface area contributed by atoms with Gasteiger partial charge in [-0.3, -0.25) is 14.4 Å². The zero-order valence-corrected chi connectivity index (χ0v) is 20.6. The van der Waals surface area contributed by atoms with Crippen LogP contribution in [-0.4, -0.2) is 24.8 Å². The Bertz CT molecular complexity index is 1380.